The minimum Gasteiger partial charge on any atom is -0.444 e. The van der Waals surface area contributed by atoms with Gasteiger partial charge in [0.2, 0.25) is 0 Å². The molecule has 4 aromatic carbocycles. The molecule has 5 rings (SSSR count). The van der Waals surface area contributed by atoms with Crippen molar-refractivity contribution in [3.63, 3.8) is 0 Å². The number of nitrogens with one attached hydrogen (secondary N) is 1. The Labute approximate surface area is 205 Å². The zero-order valence-electron chi connectivity index (χ0n) is 19.4. The molecule has 0 saturated carbocycles. The van der Waals surface area contributed by atoms with E-state index in [0.717, 1.165) is 21.9 Å². The van der Waals surface area contributed by atoms with Crippen molar-refractivity contribution in [2.75, 3.05) is 5.32 Å². The smallest absolute Gasteiger partial charge is 0.333 e. The number of carbonyl (C=O) groups is 1. The molecule has 35 heavy (non-hydrogen) atoms. The number of carbonyl (C=O) groups excluding carboxylic acids is 1. The molecule has 1 heterocycles. The van der Waals surface area contributed by atoms with Crippen LogP contribution in [0.5, 0.6) is 0 Å². The van der Waals surface area contributed by atoms with Gasteiger partial charge in [-0.2, -0.15) is 0 Å². The fourth-order valence-electron chi connectivity index (χ4n) is 4.88. The highest BCUT2D eigenvalue weighted by Crippen LogP contribution is 2.59. The normalized spacial score (nSPS) is 18.4. The third kappa shape index (κ3) is 4.00. The molecular formula is C30H26NO3P. The SMILES string of the molecule is C[C@@H]([C@@]1(c2ccccc2)OC(=O)C=C1Nc1ccccc1)P(=O)(c1ccccc1)c1ccccc1. The molecule has 0 unspecified atom stereocenters. The lowest BCUT2D eigenvalue weighted by Crippen LogP contribution is -2.45. The van der Waals surface area contributed by atoms with Crippen molar-refractivity contribution in [1.29, 1.82) is 0 Å². The number of benzene rings is 4. The predicted octanol–water partition coefficient (Wildman–Crippen LogP) is 5.84. The van der Waals surface area contributed by atoms with Gasteiger partial charge in [-0.1, -0.05) is 116 Å². The van der Waals surface area contributed by atoms with Crippen LogP contribution in [0, 0.1) is 0 Å². The fraction of sp³-hybridized carbons (Fsp3) is 0.100. The van der Waals surface area contributed by atoms with Crippen molar-refractivity contribution in [2.24, 2.45) is 0 Å². The lowest BCUT2D eigenvalue weighted by atomic mass is 9.87. The summed E-state index contributed by atoms with van der Waals surface area (Å²) in [5.74, 6) is -0.466. The van der Waals surface area contributed by atoms with Crippen molar-refractivity contribution < 1.29 is 14.1 Å². The molecule has 0 saturated heterocycles. The maximum atomic E-state index is 15.3. The van der Waals surface area contributed by atoms with E-state index in [1.807, 2.05) is 128 Å². The summed E-state index contributed by atoms with van der Waals surface area (Å²) in [4.78, 5) is 12.9. The summed E-state index contributed by atoms with van der Waals surface area (Å²) in [5, 5.41) is 4.85. The zero-order chi connectivity index (χ0) is 24.3. The first-order chi connectivity index (χ1) is 17.0. The number of esters is 1. The lowest BCUT2D eigenvalue weighted by Gasteiger charge is -2.41. The van der Waals surface area contributed by atoms with E-state index < -0.39 is 24.4 Å². The topological polar surface area (TPSA) is 55.4 Å². The van der Waals surface area contributed by atoms with E-state index in [4.69, 9.17) is 4.74 Å². The van der Waals surface area contributed by atoms with Crippen LogP contribution in [0.3, 0.4) is 0 Å². The summed E-state index contributed by atoms with van der Waals surface area (Å²) in [6, 6.07) is 38.2. The monoisotopic (exact) mass is 479 g/mol. The number of ether oxygens (including phenoxy) is 1. The number of hydrogen-bond acceptors (Lipinski definition) is 4. The van der Waals surface area contributed by atoms with Crippen LogP contribution in [-0.2, 0) is 19.7 Å². The second kappa shape index (κ2) is 9.40. The number of rotatable bonds is 7. The summed E-state index contributed by atoms with van der Waals surface area (Å²) >= 11 is 0. The molecule has 1 aliphatic heterocycles. The average Bonchev–Trinajstić information content (AvgIpc) is 3.26. The van der Waals surface area contributed by atoms with Crippen LogP contribution in [0.2, 0.25) is 0 Å². The quantitative estimate of drug-likeness (QED) is 0.267. The molecule has 0 bridgehead atoms. The summed E-state index contributed by atoms with van der Waals surface area (Å²) in [6.07, 6.45) is 1.48. The maximum absolute atomic E-state index is 15.3. The van der Waals surface area contributed by atoms with Gasteiger partial charge in [0.15, 0.2) is 12.7 Å². The van der Waals surface area contributed by atoms with Crippen LogP contribution in [0.15, 0.2) is 133 Å². The Morgan fingerprint density at radius 2 is 1.17 bits per heavy atom. The molecule has 174 valence electrons. The van der Waals surface area contributed by atoms with E-state index >= 15 is 4.57 Å². The number of para-hydroxylation sites is 1. The molecule has 4 aromatic rings. The Morgan fingerprint density at radius 3 is 1.69 bits per heavy atom. The van der Waals surface area contributed by atoms with Gasteiger partial charge >= 0.3 is 5.97 Å². The summed E-state index contributed by atoms with van der Waals surface area (Å²) in [6.45, 7) is 1.92. The third-order valence-electron chi connectivity index (χ3n) is 6.59. The van der Waals surface area contributed by atoms with E-state index in [-0.39, 0.29) is 0 Å². The van der Waals surface area contributed by atoms with Crippen LogP contribution in [0.4, 0.5) is 5.69 Å². The van der Waals surface area contributed by atoms with Crippen LogP contribution >= 0.6 is 7.14 Å². The first kappa shape index (κ1) is 22.9. The molecule has 2 atom stereocenters. The van der Waals surface area contributed by atoms with Crippen LogP contribution in [0.25, 0.3) is 0 Å². The molecule has 0 spiro atoms. The Morgan fingerprint density at radius 1 is 0.714 bits per heavy atom. The highest BCUT2D eigenvalue weighted by atomic mass is 31.2. The van der Waals surface area contributed by atoms with E-state index in [1.165, 1.54) is 6.08 Å². The number of cyclic esters (lactones) is 1. The van der Waals surface area contributed by atoms with Gasteiger partial charge in [0.05, 0.1) is 11.4 Å². The molecule has 0 amide bonds. The van der Waals surface area contributed by atoms with Crippen molar-refractivity contribution in [2.45, 2.75) is 18.2 Å². The van der Waals surface area contributed by atoms with Gasteiger partial charge in [0, 0.05) is 27.9 Å². The summed E-state index contributed by atoms with van der Waals surface area (Å²) < 4.78 is 21.5. The molecule has 0 aromatic heterocycles. The largest absolute Gasteiger partial charge is 0.444 e. The standard InChI is InChI=1S/C30H26NO3P/c1-23(35(33,26-18-10-4-11-19-26)27-20-12-5-13-21-27)30(24-14-6-2-7-15-24)28(22-29(32)34-30)31-25-16-8-3-9-17-25/h2-23,31H,1H3/t23-,30-/m0/s1. The van der Waals surface area contributed by atoms with Crippen LogP contribution in [-0.4, -0.2) is 11.6 Å². The average molecular weight is 480 g/mol. The second-order valence-corrected chi connectivity index (χ2v) is 11.7. The van der Waals surface area contributed by atoms with Gasteiger partial charge in [-0.15, -0.1) is 0 Å². The number of anilines is 1. The predicted molar refractivity (Wildman–Crippen MR) is 142 cm³/mol. The van der Waals surface area contributed by atoms with Crippen molar-refractivity contribution in [1.82, 2.24) is 0 Å². The Hall–Kier alpha value is -3.88. The van der Waals surface area contributed by atoms with Crippen LogP contribution in [0.1, 0.15) is 12.5 Å². The van der Waals surface area contributed by atoms with E-state index in [2.05, 4.69) is 5.32 Å². The second-order valence-electron chi connectivity index (χ2n) is 8.58. The molecule has 1 N–H and O–H groups in total. The van der Waals surface area contributed by atoms with Gasteiger partial charge in [-0.25, -0.2) is 4.79 Å². The number of hydrogen-bond donors (Lipinski definition) is 1. The Balaban J connectivity index is 1.75. The first-order valence-electron chi connectivity index (χ1n) is 11.6. The molecule has 1 aliphatic rings. The zero-order valence-corrected chi connectivity index (χ0v) is 20.3. The highest BCUT2D eigenvalue weighted by molar-refractivity contribution is 7.79. The van der Waals surface area contributed by atoms with Crippen molar-refractivity contribution in [3.05, 3.63) is 139 Å². The molecule has 4 nitrogen and oxygen atoms in total. The van der Waals surface area contributed by atoms with Crippen molar-refractivity contribution in [3.8, 4) is 0 Å². The van der Waals surface area contributed by atoms with E-state index in [9.17, 15) is 4.79 Å². The highest BCUT2D eigenvalue weighted by Gasteiger charge is 2.56. The van der Waals surface area contributed by atoms with Gasteiger partial charge in [-0.3, -0.25) is 0 Å². The minimum atomic E-state index is -3.32. The molecule has 0 fully saturated rings. The lowest BCUT2D eigenvalue weighted by molar-refractivity contribution is -0.146. The van der Waals surface area contributed by atoms with Gasteiger partial charge < -0.3 is 14.6 Å². The van der Waals surface area contributed by atoms with Gasteiger partial charge in [-0.05, 0) is 12.1 Å². The molecule has 0 aliphatic carbocycles. The molecular weight excluding hydrogens is 453 g/mol. The summed E-state index contributed by atoms with van der Waals surface area (Å²) in [7, 11) is -3.32. The Kier molecular flexibility index (Phi) is 6.15. The van der Waals surface area contributed by atoms with Crippen LogP contribution < -0.4 is 15.9 Å². The maximum Gasteiger partial charge on any atom is 0.333 e. The first-order valence-corrected chi connectivity index (χ1v) is 13.4. The Bertz CT molecular complexity index is 1350. The minimum absolute atomic E-state index is 0.466. The third-order valence-corrected chi connectivity index (χ3v) is 10.2. The van der Waals surface area contributed by atoms with E-state index in [1.54, 1.807) is 0 Å². The molecule has 0 radical (unpaired) electrons. The molecule has 5 heteroatoms. The van der Waals surface area contributed by atoms with E-state index in [0.29, 0.717) is 5.70 Å². The summed E-state index contributed by atoms with van der Waals surface area (Å²) in [5.41, 5.74) is 0.254. The van der Waals surface area contributed by atoms with Gasteiger partial charge in [0.25, 0.3) is 0 Å². The van der Waals surface area contributed by atoms with Gasteiger partial charge in [0.1, 0.15) is 0 Å². The fourth-order valence-corrected chi connectivity index (χ4v) is 8.15. The van der Waals surface area contributed by atoms with Crippen molar-refractivity contribution >= 4 is 29.4 Å².